The third kappa shape index (κ3) is 6.17. The van der Waals surface area contributed by atoms with E-state index >= 15 is 0 Å². The molecule has 6 nitrogen and oxygen atoms in total. The summed E-state index contributed by atoms with van der Waals surface area (Å²) in [5.74, 6) is 1.49. The first-order valence-corrected chi connectivity index (χ1v) is 12.0. The van der Waals surface area contributed by atoms with Crippen molar-refractivity contribution < 1.29 is 4.79 Å². The fourth-order valence-corrected chi connectivity index (χ4v) is 5.07. The lowest BCUT2D eigenvalue weighted by molar-refractivity contribution is -0.134. The number of rotatable bonds is 6. The van der Waals surface area contributed by atoms with Crippen molar-refractivity contribution in [1.82, 2.24) is 20.5 Å². The Morgan fingerprint density at radius 2 is 2.07 bits per heavy atom. The molecule has 0 bridgehead atoms. The van der Waals surface area contributed by atoms with E-state index in [1.807, 2.05) is 0 Å². The molecule has 1 aromatic heterocycles. The lowest BCUT2D eigenvalue weighted by Gasteiger charge is -2.21. The van der Waals surface area contributed by atoms with Crippen LogP contribution < -0.4 is 10.6 Å². The molecule has 162 valence electrons. The number of aliphatic imine (C=N–C) groups is 1. The highest BCUT2D eigenvalue weighted by Crippen LogP contribution is 2.28. The van der Waals surface area contributed by atoms with Gasteiger partial charge >= 0.3 is 0 Å². The number of hydrogen-bond acceptors (Lipinski definition) is 4. The standard InChI is InChI=1S/C22H37N5OS/c1-5-23-21(24-12-10-19-26-18(15-29-19)22(2,3)4)25-17-11-13-27(14-17)20(28)16-8-6-7-9-16/h15-17H,5-14H2,1-4H3,(H2,23,24,25). The third-order valence-electron chi connectivity index (χ3n) is 5.81. The predicted molar refractivity (Wildman–Crippen MR) is 121 cm³/mol. The van der Waals surface area contributed by atoms with Gasteiger partial charge in [-0.05, 0) is 26.2 Å². The summed E-state index contributed by atoms with van der Waals surface area (Å²) < 4.78 is 0. The molecule has 2 heterocycles. The van der Waals surface area contributed by atoms with Crippen molar-refractivity contribution in [2.75, 3.05) is 26.2 Å². The van der Waals surface area contributed by atoms with E-state index in [1.165, 1.54) is 12.8 Å². The van der Waals surface area contributed by atoms with Crippen molar-refractivity contribution >= 4 is 23.2 Å². The van der Waals surface area contributed by atoms with Crippen LogP contribution in [0.1, 0.15) is 70.5 Å². The number of guanidine groups is 1. The quantitative estimate of drug-likeness (QED) is 0.548. The summed E-state index contributed by atoms with van der Waals surface area (Å²) in [7, 11) is 0. The summed E-state index contributed by atoms with van der Waals surface area (Å²) >= 11 is 1.72. The van der Waals surface area contributed by atoms with E-state index in [0.29, 0.717) is 12.5 Å². The monoisotopic (exact) mass is 419 g/mol. The zero-order valence-electron chi connectivity index (χ0n) is 18.5. The molecule has 1 unspecified atom stereocenters. The molecule has 1 aromatic rings. The van der Waals surface area contributed by atoms with Crippen molar-refractivity contribution in [2.24, 2.45) is 10.9 Å². The van der Waals surface area contributed by atoms with Crippen LogP contribution in [-0.4, -0.2) is 54.0 Å². The maximum absolute atomic E-state index is 12.7. The Kier molecular flexibility index (Phi) is 7.55. The van der Waals surface area contributed by atoms with Gasteiger partial charge in [-0.15, -0.1) is 11.3 Å². The highest BCUT2D eigenvalue weighted by Gasteiger charge is 2.32. The molecule has 1 atom stereocenters. The zero-order chi connectivity index (χ0) is 20.9. The molecule has 1 aliphatic heterocycles. The SMILES string of the molecule is CCNC(=NCCc1nc(C(C)(C)C)cs1)NC1CCN(C(=O)C2CCCC2)C1. The number of carbonyl (C=O) groups excluding carboxylic acids is 1. The molecule has 29 heavy (non-hydrogen) atoms. The Labute approximate surface area is 179 Å². The molecule has 7 heteroatoms. The van der Waals surface area contributed by atoms with Gasteiger partial charge < -0.3 is 15.5 Å². The molecule has 0 aromatic carbocycles. The highest BCUT2D eigenvalue weighted by atomic mass is 32.1. The summed E-state index contributed by atoms with van der Waals surface area (Å²) in [6, 6.07) is 0.283. The molecule has 2 aliphatic rings. The maximum Gasteiger partial charge on any atom is 0.225 e. The molecule has 1 saturated carbocycles. The largest absolute Gasteiger partial charge is 0.357 e. The number of carbonyl (C=O) groups is 1. The topological polar surface area (TPSA) is 69.6 Å². The van der Waals surface area contributed by atoms with Gasteiger partial charge in [0, 0.05) is 55.4 Å². The van der Waals surface area contributed by atoms with Crippen LogP contribution >= 0.6 is 11.3 Å². The van der Waals surface area contributed by atoms with Crippen LogP contribution in [0.2, 0.25) is 0 Å². The smallest absolute Gasteiger partial charge is 0.225 e. The lowest BCUT2D eigenvalue weighted by Crippen LogP contribution is -2.45. The van der Waals surface area contributed by atoms with Gasteiger partial charge in [0.25, 0.3) is 0 Å². The molecule has 2 N–H and O–H groups in total. The normalized spacial score (nSPS) is 21.0. The average Bonchev–Trinajstić information content (AvgIpc) is 3.42. The second-order valence-electron chi connectivity index (χ2n) is 9.28. The lowest BCUT2D eigenvalue weighted by atomic mass is 9.93. The molecule has 1 amide bonds. The van der Waals surface area contributed by atoms with E-state index in [9.17, 15) is 4.79 Å². The molecule has 0 radical (unpaired) electrons. The van der Waals surface area contributed by atoms with Gasteiger partial charge in [-0.2, -0.15) is 0 Å². The molecular weight excluding hydrogens is 382 g/mol. The van der Waals surface area contributed by atoms with Gasteiger partial charge in [-0.25, -0.2) is 4.98 Å². The molecule has 3 rings (SSSR count). The van der Waals surface area contributed by atoms with E-state index in [2.05, 4.69) is 48.6 Å². The van der Waals surface area contributed by atoms with E-state index in [0.717, 1.165) is 62.0 Å². The number of hydrogen-bond donors (Lipinski definition) is 2. The first-order valence-electron chi connectivity index (χ1n) is 11.2. The fourth-order valence-electron chi connectivity index (χ4n) is 4.06. The van der Waals surface area contributed by atoms with Gasteiger partial charge in [0.05, 0.1) is 10.7 Å². The number of aromatic nitrogens is 1. The summed E-state index contributed by atoms with van der Waals surface area (Å²) in [5, 5.41) is 10.2. The number of nitrogens with zero attached hydrogens (tertiary/aromatic N) is 3. The Morgan fingerprint density at radius 1 is 1.31 bits per heavy atom. The Bertz CT molecular complexity index is 702. The van der Waals surface area contributed by atoms with Crippen molar-refractivity contribution in [3.05, 3.63) is 16.1 Å². The van der Waals surface area contributed by atoms with E-state index in [-0.39, 0.29) is 17.4 Å². The summed E-state index contributed by atoms with van der Waals surface area (Å²) in [6.45, 7) is 11.9. The zero-order valence-corrected chi connectivity index (χ0v) is 19.3. The van der Waals surface area contributed by atoms with Gasteiger partial charge in [0.2, 0.25) is 5.91 Å². The molecule has 1 saturated heterocycles. The van der Waals surface area contributed by atoms with Crippen LogP contribution in [0.5, 0.6) is 0 Å². The van der Waals surface area contributed by atoms with Gasteiger partial charge in [0.15, 0.2) is 5.96 Å². The van der Waals surface area contributed by atoms with Gasteiger partial charge in [-0.3, -0.25) is 9.79 Å². The Morgan fingerprint density at radius 3 is 2.72 bits per heavy atom. The number of nitrogens with one attached hydrogen (secondary N) is 2. The minimum atomic E-state index is 0.0960. The Hall–Kier alpha value is -1.63. The van der Waals surface area contributed by atoms with Crippen molar-refractivity contribution in [3.63, 3.8) is 0 Å². The van der Waals surface area contributed by atoms with Crippen molar-refractivity contribution in [2.45, 2.75) is 77.7 Å². The number of thiazole rings is 1. The second-order valence-corrected chi connectivity index (χ2v) is 10.2. The Balaban J connectivity index is 1.49. The summed E-state index contributed by atoms with van der Waals surface area (Å²) in [4.78, 5) is 24.2. The second kappa shape index (κ2) is 9.92. The van der Waals surface area contributed by atoms with Crippen molar-refractivity contribution in [3.8, 4) is 0 Å². The van der Waals surface area contributed by atoms with Crippen LogP contribution in [0.15, 0.2) is 10.4 Å². The number of amides is 1. The van der Waals surface area contributed by atoms with Crippen LogP contribution in [0.4, 0.5) is 0 Å². The van der Waals surface area contributed by atoms with E-state index in [1.54, 1.807) is 11.3 Å². The van der Waals surface area contributed by atoms with Gasteiger partial charge in [0.1, 0.15) is 0 Å². The van der Waals surface area contributed by atoms with Crippen LogP contribution in [-0.2, 0) is 16.6 Å². The number of likely N-dealkylation sites (tertiary alicyclic amines) is 1. The first kappa shape index (κ1) is 22.1. The third-order valence-corrected chi connectivity index (χ3v) is 6.71. The summed E-state index contributed by atoms with van der Waals surface area (Å²) in [5.41, 5.74) is 1.25. The van der Waals surface area contributed by atoms with Crippen LogP contribution in [0, 0.1) is 5.92 Å². The molecular formula is C22H37N5OS. The molecule has 0 spiro atoms. The molecule has 1 aliphatic carbocycles. The first-order chi connectivity index (χ1) is 13.9. The fraction of sp³-hybridized carbons (Fsp3) is 0.773. The molecule has 2 fully saturated rings. The predicted octanol–water partition coefficient (Wildman–Crippen LogP) is 3.33. The van der Waals surface area contributed by atoms with Crippen LogP contribution in [0.25, 0.3) is 0 Å². The van der Waals surface area contributed by atoms with E-state index in [4.69, 9.17) is 9.98 Å². The minimum absolute atomic E-state index is 0.0960. The van der Waals surface area contributed by atoms with Gasteiger partial charge in [-0.1, -0.05) is 33.6 Å². The van der Waals surface area contributed by atoms with Crippen LogP contribution in [0.3, 0.4) is 0 Å². The van der Waals surface area contributed by atoms with Crippen molar-refractivity contribution in [1.29, 1.82) is 0 Å². The van der Waals surface area contributed by atoms with E-state index < -0.39 is 0 Å². The summed E-state index contributed by atoms with van der Waals surface area (Å²) in [6.07, 6.45) is 6.41. The average molecular weight is 420 g/mol. The highest BCUT2D eigenvalue weighted by molar-refractivity contribution is 7.09. The maximum atomic E-state index is 12.7. The minimum Gasteiger partial charge on any atom is -0.357 e.